The van der Waals surface area contributed by atoms with Gasteiger partial charge in [0.15, 0.2) is 6.10 Å². The van der Waals surface area contributed by atoms with Crippen molar-refractivity contribution in [2.24, 2.45) is 5.73 Å². The summed E-state index contributed by atoms with van der Waals surface area (Å²) in [6.07, 6.45) is -1.11. The third-order valence-electron chi connectivity index (χ3n) is 2.87. The highest BCUT2D eigenvalue weighted by Crippen LogP contribution is 2.16. The van der Waals surface area contributed by atoms with Gasteiger partial charge in [0, 0.05) is 13.5 Å². The summed E-state index contributed by atoms with van der Waals surface area (Å²) in [4.78, 5) is 33.9. The lowest BCUT2D eigenvalue weighted by Crippen LogP contribution is -2.43. The van der Waals surface area contributed by atoms with E-state index in [2.05, 4.69) is 5.32 Å². The van der Waals surface area contributed by atoms with Crippen LogP contribution in [0.3, 0.4) is 0 Å². The first-order valence-corrected chi connectivity index (χ1v) is 6.35. The fourth-order valence-electron chi connectivity index (χ4n) is 1.81. The predicted octanol–water partition coefficient (Wildman–Crippen LogP) is 0.209. The van der Waals surface area contributed by atoms with Crippen LogP contribution < -0.4 is 11.1 Å². The molecule has 2 amide bonds. The molecule has 1 aromatic carbocycles. The van der Waals surface area contributed by atoms with E-state index in [1.165, 1.54) is 7.11 Å². The minimum Gasteiger partial charge on any atom is -0.480 e. The summed E-state index contributed by atoms with van der Waals surface area (Å²) in [6, 6.07) is 7.50. The maximum atomic E-state index is 12.1. The molecule has 1 rings (SSSR count). The van der Waals surface area contributed by atoms with Crippen molar-refractivity contribution in [1.29, 1.82) is 0 Å². The largest absolute Gasteiger partial charge is 0.480 e. The number of carbonyl (C=O) groups is 3. The van der Waals surface area contributed by atoms with Gasteiger partial charge in [-0.3, -0.25) is 9.59 Å². The first kappa shape index (κ1) is 16.6. The van der Waals surface area contributed by atoms with E-state index in [4.69, 9.17) is 15.6 Å². The average Bonchev–Trinajstić information content (AvgIpc) is 2.44. The molecule has 0 aromatic heterocycles. The summed E-state index contributed by atoms with van der Waals surface area (Å²) in [6.45, 7) is 0. The molecule has 114 valence electrons. The smallest absolute Gasteiger partial charge is 0.326 e. The van der Waals surface area contributed by atoms with Crippen LogP contribution in [0.5, 0.6) is 0 Å². The second-order valence-electron chi connectivity index (χ2n) is 4.43. The van der Waals surface area contributed by atoms with E-state index >= 15 is 0 Å². The Kier molecular flexibility index (Phi) is 6.35. The van der Waals surface area contributed by atoms with Gasteiger partial charge >= 0.3 is 5.97 Å². The zero-order valence-electron chi connectivity index (χ0n) is 11.6. The highest BCUT2D eigenvalue weighted by molar-refractivity contribution is 5.87. The molecule has 0 aliphatic rings. The van der Waals surface area contributed by atoms with Gasteiger partial charge in [-0.05, 0) is 12.0 Å². The molecule has 21 heavy (non-hydrogen) atoms. The lowest BCUT2D eigenvalue weighted by molar-refractivity contribution is -0.144. The number of carbonyl (C=O) groups excluding carboxylic acids is 2. The normalized spacial score (nSPS) is 13.2. The van der Waals surface area contributed by atoms with Crippen molar-refractivity contribution in [3.05, 3.63) is 35.9 Å². The molecule has 0 heterocycles. The summed E-state index contributed by atoms with van der Waals surface area (Å²) < 4.78 is 5.11. The highest BCUT2D eigenvalue weighted by Gasteiger charge is 2.26. The summed E-state index contributed by atoms with van der Waals surface area (Å²) in [5.74, 6) is -2.44. The van der Waals surface area contributed by atoms with E-state index < -0.39 is 29.9 Å². The Bertz CT molecular complexity index is 503. The molecule has 1 aromatic rings. The number of hydrogen-bond donors (Lipinski definition) is 3. The molecule has 1 unspecified atom stereocenters. The molecule has 0 saturated carbocycles. The van der Waals surface area contributed by atoms with Gasteiger partial charge in [-0.1, -0.05) is 30.3 Å². The number of nitrogens with one attached hydrogen (secondary N) is 1. The first-order chi connectivity index (χ1) is 9.95. The minimum atomic E-state index is -1.23. The second kappa shape index (κ2) is 8.01. The molecule has 0 radical (unpaired) electrons. The van der Waals surface area contributed by atoms with Crippen molar-refractivity contribution in [1.82, 2.24) is 5.32 Å². The Morgan fingerprint density at radius 3 is 2.38 bits per heavy atom. The van der Waals surface area contributed by atoms with Gasteiger partial charge in [-0.25, -0.2) is 4.79 Å². The van der Waals surface area contributed by atoms with Crippen LogP contribution in [0.15, 0.2) is 30.3 Å². The van der Waals surface area contributed by atoms with E-state index in [-0.39, 0.29) is 12.8 Å². The lowest BCUT2D eigenvalue weighted by atomic mass is 10.1. The second-order valence-corrected chi connectivity index (χ2v) is 4.43. The Balaban J connectivity index is 2.75. The van der Waals surface area contributed by atoms with E-state index in [9.17, 15) is 14.4 Å². The van der Waals surface area contributed by atoms with Gasteiger partial charge in [0.2, 0.25) is 5.91 Å². The van der Waals surface area contributed by atoms with Gasteiger partial charge in [0.1, 0.15) is 6.04 Å². The standard InChI is InChI=1S/C14H18N2O5/c1-21-12(9-5-3-2-4-6-9)13(18)16-10(14(19)20)7-8-11(15)17/h2-6,10,12H,7-8H2,1H3,(H2,15,17)(H,16,18)(H,19,20)/t10-,12?/m0/s1. The van der Waals surface area contributed by atoms with Crippen LogP contribution in [0.25, 0.3) is 0 Å². The summed E-state index contributed by atoms with van der Waals surface area (Å²) in [5.41, 5.74) is 5.59. The first-order valence-electron chi connectivity index (χ1n) is 6.35. The van der Waals surface area contributed by atoms with E-state index in [1.807, 2.05) is 0 Å². The van der Waals surface area contributed by atoms with Crippen molar-refractivity contribution in [2.75, 3.05) is 7.11 Å². The number of aliphatic carboxylic acids is 1. The van der Waals surface area contributed by atoms with Gasteiger partial charge < -0.3 is 20.9 Å². The molecule has 2 atom stereocenters. The third-order valence-corrected chi connectivity index (χ3v) is 2.87. The van der Waals surface area contributed by atoms with Crippen molar-refractivity contribution < 1.29 is 24.2 Å². The van der Waals surface area contributed by atoms with Crippen LogP contribution in [0.2, 0.25) is 0 Å². The number of nitrogens with two attached hydrogens (primary N) is 1. The Hall–Kier alpha value is -2.41. The van der Waals surface area contributed by atoms with Gasteiger partial charge in [-0.2, -0.15) is 0 Å². The minimum absolute atomic E-state index is 0.0678. The van der Waals surface area contributed by atoms with E-state index in [0.717, 1.165) is 0 Å². The Morgan fingerprint density at radius 2 is 1.90 bits per heavy atom. The molecule has 0 spiro atoms. The predicted molar refractivity (Wildman–Crippen MR) is 74.2 cm³/mol. The molecule has 7 heteroatoms. The van der Waals surface area contributed by atoms with Crippen LogP contribution in [-0.4, -0.2) is 36.0 Å². The Morgan fingerprint density at radius 1 is 1.29 bits per heavy atom. The lowest BCUT2D eigenvalue weighted by Gasteiger charge is -2.19. The number of amides is 2. The highest BCUT2D eigenvalue weighted by atomic mass is 16.5. The van der Waals surface area contributed by atoms with Crippen LogP contribution in [0, 0.1) is 0 Å². The topological polar surface area (TPSA) is 119 Å². The van der Waals surface area contributed by atoms with Crippen LogP contribution in [0.1, 0.15) is 24.5 Å². The molecule has 7 nitrogen and oxygen atoms in total. The average molecular weight is 294 g/mol. The van der Waals surface area contributed by atoms with Gasteiger partial charge in [-0.15, -0.1) is 0 Å². The quantitative estimate of drug-likeness (QED) is 0.633. The zero-order valence-corrected chi connectivity index (χ0v) is 11.6. The van der Waals surface area contributed by atoms with Crippen molar-refractivity contribution >= 4 is 17.8 Å². The molecule has 0 aliphatic heterocycles. The van der Waals surface area contributed by atoms with Crippen molar-refractivity contribution in [3.63, 3.8) is 0 Å². The molecule has 4 N–H and O–H groups in total. The zero-order chi connectivity index (χ0) is 15.8. The fourth-order valence-corrected chi connectivity index (χ4v) is 1.81. The molecule has 0 bridgehead atoms. The Labute approximate surface area is 122 Å². The number of rotatable bonds is 8. The molecular weight excluding hydrogens is 276 g/mol. The number of carboxylic acid groups (broad SMARTS) is 1. The summed E-state index contributed by atoms with van der Waals surface area (Å²) in [5, 5.41) is 11.4. The fraction of sp³-hybridized carbons (Fsp3) is 0.357. The van der Waals surface area contributed by atoms with E-state index in [0.29, 0.717) is 5.56 Å². The van der Waals surface area contributed by atoms with Crippen molar-refractivity contribution in [2.45, 2.75) is 25.0 Å². The van der Waals surface area contributed by atoms with Crippen LogP contribution in [0.4, 0.5) is 0 Å². The van der Waals surface area contributed by atoms with Gasteiger partial charge in [0.25, 0.3) is 5.91 Å². The molecular formula is C14H18N2O5. The maximum absolute atomic E-state index is 12.1. The number of carboxylic acids is 1. The van der Waals surface area contributed by atoms with E-state index in [1.54, 1.807) is 30.3 Å². The van der Waals surface area contributed by atoms with Crippen LogP contribution >= 0.6 is 0 Å². The summed E-state index contributed by atoms with van der Waals surface area (Å²) >= 11 is 0. The SMILES string of the molecule is COC(C(=O)N[C@@H](CCC(N)=O)C(=O)O)c1ccccc1. The number of methoxy groups -OCH3 is 1. The maximum Gasteiger partial charge on any atom is 0.326 e. The molecule has 0 fully saturated rings. The monoisotopic (exact) mass is 294 g/mol. The third kappa shape index (κ3) is 5.23. The molecule has 0 saturated heterocycles. The summed E-state index contributed by atoms with van der Waals surface area (Å²) in [7, 11) is 1.36. The van der Waals surface area contributed by atoms with Gasteiger partial charge in [0.05, 0.1) is 0 Å². The van der Waals surface area contributed by atoms with Crippen LogP contribution in [-0.2, 0) is 19.1 Å². The number of benzene rings is 1. The number of primary amides is 1. The van der Waals surface area contributed by atoms with Crippen molar-refractivity contribution in [3.8, 4) is 0 Å². The number of hydrogen-bond acceptors (Lipinski definition) is 4. The number of ether oxygens (including phenoxy) is 1. The molecule has 0 aliphatic carbocycles.